The van der Waals surface area contributed by atoms with E-state index in [1.54, 1.807) is 6.33 Å². The molecule has 4 aromatic carbocycles. The zero-order chi connectivity index (χ0) is 17.5. The van der Waals surface area contributed by atoms with Gasteiger partial charge >= 0.3 is 0 Å². The van der Waals surface area contributed by atoms with Crippen LogP contribution in [0.15, 0.2) is 79.3 Å². The van der Waals surface area contributed by atoms with Crippen LogP contribution in [0.3, 0.4) is 0 Å². The van der Waals surface area contributed by atoms with Crippen molar-refractivity contribution in [3.63, 3.8) is 0 Å². The third-order valence-electron chi connectivity index (χ3n) is 4.63. The Balaban J connectivity index is 1.74. The van der Waals surface area contributed by atoms with E-state index in [2.05, 4.69) is 51.7 Å². The normalized spacial score (nSPS) is 11.3. The first-order chi connectivity index (χ1) is 12.8. The van der Waals surface area contributed by atoms with E-state index in [0.29, 0.717) is 0 Å². The van der Waals surface area contributed by atoms with Crippen molar-refractivity contribution < 1.29 is 0 Å². The molecule has 0 aliphatic heterocycles. The molecular formula is C22H14ClN3. The summed E-state index contributed by atoms with van der Waals surface area (Å²) in [5, 5.41) is 9.97. The summed E-state index contributed by atoms with van der Waals surface area (Å²) in [4.78, 5) is 8.57. The SMILES string of the molecule is Clc1ccc(Nc2cccc3cc4ccc5ncncc5c4cc23)cc1. The van der Waals surface area contributed by atoms with Crippen LogP contribution >= 0.6 is 11.6 Å². The van der Waals surface area contributed by atoms with E-state index in [0.717, 1.165) is 38.1 Å². The van der Waals surface area contributed by atoms with Crippen LogP contribution in [0, 0.1) is 0 Å². The monoisotopic (exact) mass is 355 g/mol. The zero-order valence-corrected chi connectivity index (χ0v) is 14.5. The lowest BCUT2D eigenvalue weighted by molar-refractivity contribution is 1.23. The molecule has 4 heteroatoms. The second-order valence-corrected chi connectivity index (χ2v) is 6.69. The van der Waals surface area contributed by atoms with Gasteiger partial charge in [0.2, 0.25) is 0 Å². The van der Waals surface area contributed by atoms with Gasteiger partial charge in [-0.05, 0) is 64.7 Å². The lowest BCUT2D eigenvalue weighted by atomic mass is 10.00. The van der Waals surface area contributed by atoms with Gasteiger partial charge in [-0.25, -0.2) is 9.97 Å². The van der Waals surface area contributed by atoms with Crippen molar-refractivity contribution in [2.45, 2.75) is 0 Å². The van der Waals surface area contributed by atoms with E-state index in [-0.39, 0.29) is 0 Å². The molecule has 0 atom stereocenters. The van der Waals surface area contributed by atoms with Gasteiger partial charge in [-0.3, -0.25) is 0 Å². The molecule has 0 unspecified atom stereocenters. The maximum absolute atomic E-state index is 5.99. The first-order valence-corrected chi connectivity index (χ1v) is 8.73. The Morgan fingerprint density at radius 1 is 0.769 bits per heavy atom. The maximum Gasteiger partial charge on any atom is 0.116 e. The molecule has 0 saturated heterocycles. The van der Waals surface area contributed by atoms with Crippen molar-refractivity contribution in [1.29, 1.82) is 0 Å². The molecule has 1 heterocycles. The average molecular weight is 356 g/mol. The lowest BCUT2D eigenvalue weighted by Gasteiger charge is -2.12. The number of nitrogens with one attached hydrogen (secondary N) is 1. The number of fused-ring (bicyclic) bond motifs is 4. The second kappa shape index (κ2) is 5.97. The summed E-state index contributed by atoms with van der Waals surface area (Å²) in [7, 11) is 0. The van der Waals surface area contributed by atoms with Gasteiger partial charge in [-0.15, -0.1) is 0 Å². The summed E-state index contributed by atoms with van der Waals surface area (Å²) in [6.45, 7) is 0. The third-order valence-corrected chi connectivity index (χ3v) is 4.88. The predicted molar refractivity (Wildman–Crippen MR) is 109 cm³/mol. The van der Waals surface area contributed by atoms with Gasteiger partial charge in [-0.2, -0.15) is 0 Å². The summed E-state index contributed by atoms with van der Waals surface area (Å²) in [6, 6.07) is 22.6. The number of anilines is 2. The second-order valence-electron chi connectivity index (χ2n) is 6.25. The van der Waals surface area contributed by atoms with Gasteiger partial charge in [-0.1, -0.05) is 29.8 Å². The third kappa shape index (κ3) is 2.54. The Hall–Kier alpha value is -3.17. The van der Waals surface area contributed by atoms with Gasteiger partial charge in [0.25, 0.3) is 0 Å². The van der Waals surface area contributed by atoms with Crippen LogP contribution in [0.5, 0.6) is 0 Å². The maximum atomic E-state index is 5.99. The molecule has 0 radical (unpaired) electrons. The fourth-order valence-electron chi connectivity index (χ4n) is 3.36. The molecule has 3 nitrogen and oxygen atoms in total. The molecule has 124 valence electrons. The molecule has 0 aliphatic rings. The van der Waals surface area contributed by atoms with Crippen molar-refractivity contribution in [3.8, 4) is 0 Å². The summed E-state index contributed by atoms with van der Waals surface area (Å²) in [5.74, 6) is 0. The first kappa shape index (κ1) is 15.1. The number of nitrogens with zero attached hydrogens (tertiary/aromatic N) is 2. The molecule has 5 aromatic rings. The highest BCUT2D eigenvalue weighted by Gasteiger charge is 2.07. The van der Waals surface area contributed by atoms with E-state index >= 15 is 0 Å². The topological polar surface area (TPSA) is 37.8 Å². The van der Waals surface area contributed by atoms with E-state index in [1.807, 2.05) is 36.5 Å². The summed E-state index contributed by atoms with van der Waals surface area (Å²) in [5.41, 5.74) is 3.01. The minimum absolute atomic E-state index is 0.728. The summed E-state index contributed by atoms with van der Waals surface area (Å²) in [6.07, 6.45) is 3.47. The number of hydrogen-bond donors (Lipinski definition) is 1. The summed E-state index contributed by atoms with van der Waals surface area (Å²) >= 11 is 5.99. The number of aromatic nitrogens is 2. The van der Waals surface area contributed by atoms with Crippen molar-refractivity contribution >= 4 is 55.4 Å². The van der Waals surface area contributed by atoms with Crippen LogP contribution in [0.25, 0.3) is 32.4 Å². The molecule has 0 aliphatic carbocycles. The lowest BCUT2D eigenvalue weighted by Crippen LogP contribution is -1.92. The molecule has 0 amide bonds. The molecular weight excluding hydrogens is 342 g/mol. The summed E-state index contributed by atoms with van der Waals surface area (Å²) < 4.78 is 0. The van der Waals surface area contributed by atoms with Crippen LogP contribution in [-0.2, 0) is 0 Å². The average Bonchev–Trinajstić information content (AvgIpc) is 2.68. The van der Waals surface area contributed by atoms with Gasteiger partial charge in [0.15, 0.2) is 0 Å². The van der Waals surface area contributed by atoms with E-state index < -0.39 is 0 Å². The highest BCUT2D eigenvalue weighted by Crippen LogP contribution is 2.33. The van der Waals surface area contributed by atoms with Crippen molar-refractivity contribution in [3.05, 3.63) is 84.3 Å². The van der Waals surface area contributed by atoms with Crippen LogP contribution in [0.1, 0.15) is 0 Å². The largest absolute Gasteiger partial charge is 0.355 e. The Kier molecular flexibility index (Phi) is 3.47. The number of halogens is 1. The molecule has 0 bridgehead atoms. The fourth-order valence-corrected chi connectivity index (χ4v) is 3.49. The van der Waals surface area contributed by atoms with Gasteiger partial charge < -0.3 is 5.32 Å². The first-order valence-electron chi connectivity index (χ1n) is 8.36. The smallest absolute Gasteiger partial charge is 0.116 e. The van der Waals surface area contributed by atoms with Gasteiger partial charge in [0, 0.05) is 33.4 Å². The molecule has 1 N–H and O–H groups in total. The van der Waals surface area contributed by atoms with E-state index in [4.69, 9.17) is 11.6 Å². The quantitative estimate of drug-likeness (QED) is 0.297. The van der Waals surface area contributed by atoms with Crippen LogP contribution in [0.2, 0.25) is 5.02 Å². The Morgan fingerprint density at radius 2 is 1.62 bits per heavy atom. The van der Waals surface area contributed by atoms with Gasteiger partial charge in [0.05, 0.1) is 5.52 Å². The predicted octanol–water partition coefficient (Wildman–Crippen LogP) is 6.33. The standard InChI is InChI=1S/C22H14ClN3/c23-16-5-7-17(8-6-16)26-22-3-1-2-14-10-15-4-9-21-20(12-24-13-25-21)18(15)11-19(14)22/h1-13,26H. The van der Waals surface area contributed by atoms with Crippen LogP contribution in [-0.4, -0.2) is 9.97 Å². The number of benzene rings is 4. The van der Waals surface area contributed by atoms with Crippen LogP contribution < -0.4 is 5.32 Å². The highest BCUT2D eigenvalue weighted by atomic mass is 35.5. The molecule has 0 fully saturated rings. The Bertz CT molecular complexity index is 1260. The van der Waals surface area contributed by atoms with Crippen molar-refractivity contribution in [1.82, 2.24) is 9.97 Å². The Morgan fingerprint density at radius 3 is 2.50 bits per heavy atom. The number of rotatable bonds is 2. The molecule has 5 rings (SSSR count). The molecule has 0 spiro atoms. The molecule has 26 heavy (non-hydrogen) atoms. The van der Waals surface area contributed by atoms with E-state index in [9.17, 15) is 0 Å². The Labute approximate surface area is 155 Å². The zero-order valence-electron chi connectivity index (χ0n) is 13.8. The number of hydrogen-bond acceptors (Lipinski definition) is 3. The van der Waals surface area contributed by atoms with Crippen molar-refractivity contribution in [2.75, 3.05) is 5.32 Å². The van der Waals surface area contributed by atoms with E-state index in [1.165, 1.54) is 10.8 Å². The van der Waals surface area contributed by atoms with Crippen molar-refractivity contribution in [2.24, 2.45) is 0 Å². The molecule has 0 saturated carbocycles. The fraction of sp³-hybridized carbons (Fsp3) is 0. The van der Waals surface area contributed by atoms with Crippen LogP contribution in [0.4, 0.5) is 11.4 Å². The highest BCUT2D eigenvalue weighted by molar-refractivity contribution is 6.30. The minimum atomic E-state index is 0.728. The minimum Gasteiger partial charge on any atom is -0.355 e. The molecule has 1 aromatic heterocycles. The van der Waals surface area contributed by atoms with Gasteiger partial charge in [0.1, 0.15) is 6.33 Å².